The number of nitrogens with zero attached hydrogens (tertiary/aromatic N) is 2. The molecule has 5 heteroatoms. The van der Waals surface area contributed by atoms with Crippen molar-refractivity contribution in [2.45, 2.75) is 18.4 Å². The monoisotopic (exact) mass is 243 g/mol. The molecule has 5 nitrogen and oxygen atoms in total. The van der Waals surface area contributed by atoms with Crippen molar-refractivity contribution < 1.29 is 9.53 Å². The summed E-state index contributed by atoms with van der Waals surface area (Å²) >= 11 is 0. The second-order valence-electron chi connectivity index (χ2n) is 5.35. The normalized spacial score (nSPS) is 19.5. The molecule has 0 saturated heterocycles. The van der Waals surface area contributed by atoms with Crippen LogP contribution in [0.4, 0.5) is 0 Å². The number of methoxy groups -OCH3 is 1. The molecule has 100 valence electrons. The second kappa shape index (κ2) is 5.80. The summed E-state index contributed by atoms with van der Waals surface area (Å²) in [6.07, 6.45) is 2.07. The lowest BCUT2D eigenvalue weighted by atomic mass is 9.94. The second-order valence-corrected chi connectivity index (χ2v) is 5.35. The van der Waals surface area contributed by atoms with E-state index in [9.17, 15) is 4.79 Å². The van der Waals surface area contributed by atoms with Crippen molar-refractivity contribution >= 4 is 5.97 Å². The molecule has 1 aliphatic carbocycles. The SMILES string of the molecule is COC(=O)C(N)(CN(C)CCN(C)C)C1CC1. The zero-order valence-electron chi connectivity index (χ0n) is 11.4. The first-order valence-electron chi connectivity index (χ1n) is 6.10. The molecule has 0 amide bonds. The first kappa shape index (κ1) is 14.4. The summed E-state index contributed by atoms with van der Waals surface area (Å²) in [5.41, 5.74) is 5.41. The molecule has 1 unspecified atom stereocenters. The van der Waals surface area contributed by atoms with Crippen LogP contribution in [0.2, 0.25) is 0 Å². The van der Waals surface area contributed by atoms with Crippen LogP contribution in [0.5, 0.6) is 0 Å². The van der Waals surface area contributed by atoms with Crippen molar-refractivity contribution in [3.05, 3.63) is 0 Å². The summed E-state index contributed by atoms with van der Waals surface area (Å²) in [7, 11) is 7.47. The van der Waals surface area contributed by atoms with Crippen LogP contribution in [0.25, 0.3) is 0 Å². The van der Waals surface area contributed by atoms with Crippen molar-refractivity contribution in [2.24, 2.45) is 11.7 Å². The number of carbonyl (C=O) groups excluding carboxylic acids is 1. The molecule has 0 aromatic rings. The van der Waals surface area contributed by atoms with Crippen LogP contribution in [0.3, 0.4) is 0 Å². The van der Waals surface area contributed by atoms with Gasteiger partial charge in [-0.2, -0.15) is 0 Å². The Morgan fingerprint density at radius 2 is 1.94 bits per heavy atom. The van der Waals surface area contributed by atoms with Gasteiger partial charge in [0.2, 0.25) is 0 Å². The van der Waals surface area contributed by atoms with Gasteiger partial charge < -0.3 is 20.3 Å². The first-order chi connectivity index (χ1) is 7.90. The lowest BCUT2D eigenvalue weighted by Crippen LogP contribution is -2.58. The van der Waals surface area contributed by atoms with Crippen molar-refractivity contribution in [2.75, 3.05) is 47.9 Å². The fraction of sp³-hybridized carbons (Fsp3) is 0.917. The minimum absolute atomic E-state index is 0.281. The Labute approximate surface area is 104 Å². The van der Waals surface area contributed by atoms with Gasteiger partial charge in [-0.15, -0.1) is 0 Å². The number of nitrogens with two attached hydrogens (primary N) is 1. The summed E-state index contributed by atoms with van der Waals surface area (Å²) < 4.78 is 4.84. The molecule has 0 aliphatic heterocycles. The van der Waals surface area contributed by atoms with Gasteiger partial charge in [0, 0.05) is 19.6 Å². The Bertz CT molecular complexity index is 266. The third-order valence-electron chi connectivity index (χ3n) is 3.33. The molecule has 1 saturated carbocycles. The summed E-state index contributed by atoms with van der Waals surface area (Å²) in [5.74, 6) is 0.00783. The Hall–Kier alpha value is -0.650. The maximum atomic E-state index is 11.8. The van der Waals surface area contributed by atoms with Gasteiger partial charge in [-0.1, -0.05) is 0 Å². The van der Waals surface area contributed by atoms with Crippen LogP contribution in [-0.2, 0) is 9.53 Å². The average molecular weight is 243 g/mol. The predicted molar refractivity (Wildman–Crippen MR) is 67.7 cm³/mol. The van der Waals surface area contributed by atoms with Gasteiger partial charge in [-0.25, -0.2) is 0 Å². The van der Waals surface area contributed by atoms with E-state index in [0.717, 1.165) is 25.9 Å². The number of hydrogen-bond acceptors (Lipinski definition) is 5. The molecular formula is C12H25N3O2. The molecule has 1 fully saturated rings. The molecule has 0 aromatic heterocycles. The highest BCUT2D eigenvalue weighted by atomic mass is 16.5. The third kappa shape index (κ3) is 3.94. The highest BCUT2D eigenvalue weighted by Crippen LogP contribution is 2.39. The number of hydrogen-bond donors (Lipinski definition) is 1. The van der Waals surface area contributed by atoms with E-state index >= 15 is 0 Å². The highest BCUT2D eigenvalue weighted by molar-refractivity contribution is 5.81. The molecule has 1 atom stereocenters. The van der Waals surface area contributed by atoms with Gasteiger partial charge in [-0.05, 0) is 39.9 Å². The Morgan fingerprint density at radius 3 is 2.35 bits per heavy atom. The minimum Gasteiger partial charge on any atom is -0.468 e. The predicted octanol–water partition coefficient (Wildman–Crippen LogP) is -0.240. The van der Waals surface area contributed by atoms with Crippen LogP contribution in [0, 0.1) is 5.92 Å². The maximum Gasteiger partial charge on any atom is 0.327 e. The van der Waals surface area contributed by atoms with E-state index in [1.807, 2.05) is 21.1 Å². The molecule has 1 rings (SSSR count). The van der Waals surface area contributed by atoms with Crippen LogP contribution in [-0.4, -0.2) is 69.2 Å². The van der Waals surface area contributed by atoms with E-state index in [1.165, 1.54) is 7.11 Å². The number of esters is 1. The smallest absolute Gasteiger partial charge is 0.327 e. The van der Waals surface area contributed by atoms with Crippen LogP contribution < -0.4 is 5.73 Å². The van der Waals surface area contributed by atoms with Gasteiger partial charge >= 0.3 is 5.97 Å². The lowest BCUT2D eigenvalue weighted by molar-refractivity contribution is -0.148. The molecule has 0 bridgehead atoms. The fourth-order valence-electron chi connectivity index (χ4n) is 2.05. The maximum absolute atomic E-state index is 11.8. The van der Waals surface area contributed by atoms with E-state index in [4.69, 9.17) is 10.5 Å². The van der Waals surface area contributed by atoms with Crippen LogP contribution >= 0.6 is 0 Å². The van der Waals surface area contributed by atoms with Crippen LogP contribution in [0.1, 0.15) is 12.8 Å². The number of ether oxygens (including phenoxy) is 1. The highest BCUT2D eigenvalue weighted by Gasteiger charge is 2.49. The van der Waals surface area contributed by atoms with Crippen molar-refractivity contribution in [1.82, 2.24) is 9.80 Å². The average Bonchev–Trinajstić information content (AvgIpc) is 3.08. The standard InChI is InChI=1S/C12H25N3O2/c1-14(2)7-8-15(3)9-12(13,10-5-6-10)11(16)17-4/h10H,5-9,13H2,1-4H3. The zero-order valence-corrected chi connectivity index (χ0v) is 11.4. The van der Waals surface area contributed by atoms with E-state index in [1.54, 1.807) is 0 Å². The van der Waals surface area contributed by atoms with Gasteiger partial charge in [0.1, 0.15) is 5.54 Å². The summed E-state index contributed by atoms with van der Waals surface area (Å²) in [5, 5.41) is 0. The number of likely N-dealkylation sites (N-methyl/N-ethyl adjacent to an activating group) is 2. The van der Waals surface area contributed by atoms with E-state index < -0.39 is 5.54 Å². The van der Waals surface area contributed by atoms with Gasteiger partial charge in [0.15, 0.2) is 0 Å². The largest absolute Gasteiger partial charge is 0.468 e. The summed E-state index contributed by atoms with van der Waals surface area (Å²) in [4.78, 5) is 16.0. The van der Waals surface area contributed by atoms with E-state index in [0.29, 0.717) is 6.54 Å². The van der Waals surface area contributed by atoms with Crippen molar-refractivity contribution in [3.8, 4) is 0 Å². The molecule has 0 aromatic carbocycles. The van der Waals surface area contributed by atoms with E-state index in [2.05, 4.69) is 9.80 Å². The third-order valence-corrected chi connectivity index (χ3v) is 3.33. The quantitative estimate of drug-likeness (QED) is 0.625. The summed E-state index contributed by atoms with van der Waals surface area (Å²) in [6.45, 7) is 2.42. The van der Waals surface area contributed by atoms with E-state index in [-0.39, 0.29) is 11.9 Å². The molecule has 17 heavy (non-hydrogen) atoms. The first-order valence-corrected chi connectivity index (χ1v) is 6.10. The molecular weight excluding hydrogens is 218 g/mol. The van der Waals surface area contributed by atoms with Crippen molar-refractivity contribution in [1.29, 1.82) is 0 Å². The molecule has 0 radical (unpaired) electrons. The molecule has 1 aliphatic rings. The Balaban J connectivity index is 2.51. The Kier molecular flexibility index (Phi) is 4.91. The van der Waals surface area contributed by atoms with Crippen LogP contribution in [0.15, 0.2) is 0 Å². The Morgan fingerprint density at radius 1 is 1.35 bits per heavy atom. The molecule has 0 spiro atoms. The topological polar surface area (TPSA) is 58.8 Å². The number of carbonyl (C=O) groups is 1. The zero-order chi connectivity index (χ0) is 13.1. The van der Waals surface area contributed by atoms with Gasteiger partial charge in [0.25, 0.3) is 0 Å². The minimum atomic E-state index is -0.824. The fourth-order valence-corrected chi connectivity index (χ4v) is 2.05. The molecule has 2 N–H and O–H groups in total. The number of rotatable bonds is 7. The van der Waals surface area contributed by atoms with Crippen molar-refractivity contribution in [3.63, 3.8) is 0 Å². The lowest BCUT2D eigenvalue weighted by Gasteiger charge is -2.31. The van der Waals surface area contributed by atoms with Gasteiger partial charge in [0.05, 0.1) is 7.11 Å². The molecule has 0 heterocycles. The summed E-state index contributed by atoms with van der Waals surface area (Å²) in [6, 6.07) is 0. The van der Waals surface area contributed by atoms with Gasteiger partial charge in [-0.3, -0.25) is 4.79 Å².